The molecule has 2 amide bonds. The number of carbonyl (C=O) groups is 2. The highest BCUT2D eigenvalue weighted by atomic mass is 16.5. The lowest BCUT2D eigenvalue weighted by atomic mass is 9.99. The Kier molecular flexibility index (Phi) is 9.51. The summed E-state index contributed by atoms with van der Waals surface area (Å²) >= 11 is 0. The van der Waals surface area contributed by atoms with E-state index in [0.29, 0.717) is 69.4 Å². The molecule has 3 aromatic rings. The van der Waals surface area contributed by atoms with E-state index in [2.05, 4.69) is 10.6 Å². The van der Waals surface area contributed by atoms with Crippen LogP contribution in [0.15, 0.2) is 66.7 Å². The molecule has 4 rings (SSSR count). The lowest BCUT2D eigenvalue weighted by molar-refractivity contribution is 0.0865. The predicted octanol–water partition coefficient (Wildman–Crippen LogP) is 3.37. The average molecular weight is 505 g/mol. The third-order valence-electron chi connectivity index (χ3n) is 5.83. The van der Waals surface area contributed by atoms with Crippen molar-refractivity contribution in [3.8, 4) is 11.5 Å². The molecule has 3 aromatic carbocycles. The fourth-order valence-corrected chi connectivity index (χ4v) is 3.97. The number of amides is 2. The van der Waals surface area contributed by atoms with Crippen molar-refractivity contribution in [2.45, 2.75) is 13.0 Å². The molecule has 8 nitrogen and oxygen atoms in total. The zero-order chi connectivity index (χ0) is 25.9. The Morgan fingerprint density at radius 2 is 1.89 bits per heavy atom. The molecule has 0 aliphatic carbocycles. The van der Waals surface area contributed by atoms with Crippen molar-refractivity contribution in [2.75, 3.05) is 46.7 Å². The number of nitrogens with one attached hydrogen (secondary N) is 2. The summed E-state index contributed by atoms with van der Waals surface area (Å²) in [7, 11) is 1.63. The van der Waals surface area contributed by atoms with E-state index >= 15 is 0 Å². The molecule has 1 heterocycles. The number of hydrogen-bond acceptors (Lipinski definition) is 6. The van der Waals surface area contributed by atoms with Crippen molar-refractivity contribution in [3.63, 3.8) is 0 Å². The Morgan fingerprint density at radius 3 is 2.78 bits per heavy atom. The lowest BCUT2D eigenvalue weighted by Crippen LogP contribution is -2.28. The first kappa shape index (κ1) is 26.2. The van der Waals surface area contributed by atoms with E-state index in [1.165, 1.54) is 0 Å². The van der Waals surface area contributed by atoms with Crippen LogP contribution in [0.25, 0.3) is 0 Å². The smallest absolute Gasteiger partial charge is 0.251 e. The molecule has 0 radical (unpaired) electrons. The Labute approximate surface area is 216 Å². The molecule has 0 spiro atoms. The van der Waals surface area contributed by atoms with Crippen LogP contribution >= 0.6 is 0 Å². The number of benzene rings is 3. The topological polar surface area (TPSA) is 95.1 Å². The summed E-state index contributed by atoms with van der Waals surface area (Å²) in [5.74, 6) is 1.09. The fraction of sp³-hybridized carbons (Fsp3) is 0.310. The maximum atomic E-state index is 13.0. The molecule has 1 aliphatic heterocycles. The van der Waals surface area contributed by atoms with E-state index in [-0.39, 0.29) is 11.8 Å². The minimum absolute atomic E-state index is 0.139. The van der Waals surface area contributed by atoms with Gasteiger partial charge in [-0.2, -0.15) is 0 Å². The summed E-state index contributed by atoms with van der Waals surface area (Å²) in [6.07, 6.45) is 0.513. The van der Waals surface area contributed by atoms with E-state index in [1.807, 2.05) is 54.6 Å². The number of carbonyl (C=O) groups excluding carboxylic acids is 2. The number of fused-ring (bicyclic) bond motifs is 3. The molecular weight excluding hydrogens is 472 g/mol. The van der Waals surface area contributed by atoms with Gasteiger partial charge in [-0.3, -0.25) is 9.59 Å². The lowest BCUT2D eigenvalue weighted by Gasteiger charge is -2.15. The monoisotopic (exact) mass is 504 g/mol. The number of methoxy groups -OCH3 is 1. The number of ether oxygens (including phenoxy) is 4. The van der Waals surface area contributed by atoms with E-state index in [9.17, 15) is 9.59 Å². The zero-order valence-electron chi connectivity index (χ0n) is 21.0. The molecule has 0 unspecified atom stereocenters. The molecule has 0 atom stereocenters. The molecule has 0 saturated carbocycles. The Hall–Kier alpha value is -3.88. The van der Waals surface area contributed by atoms with Crippen molar-refractivity contribution in [1.82, 2.24) is 10.6 Å². The molecular formula is C29H32N2O6. The van der Waals surface area contributed by atoms with Gasteiger partial charge in [-0.05, 0) is 59.2 Å². The first-order valence-electron chi connectivity index (χ1n) is 12.3. The van der Waals surface area contributed by atoms with Gasteiger partial charge in [0, 0.05) is 37.7 Å². The largest absolute Gasteiger partial charge is 0.491 e. The van der Waals surface area contributed by atoms with Crippen LogP contribution in [0, 0.1) is 0 Å². The third kappa shape index (κ3) is 7.80. The van der Waals surface area contributed by atoms with Crippen LogP contribution in [-0.4, -0.2) is 58.5 Å². The summed E-state index contributed by atoms with van der Waals surface area (Å²) in [5.41, 5.74) is 3.85. The second kappa shape index (κ2) is 13.4. The minimum atomic E-state index is -0.190. The average Bonchev–Trinajstić information content (AvgIpc) is 2.92. The van der Waals surface area contributed by atoms with Crippen LogP contribution in [0.2, 0.25) is 0 Å². The summed E-state index contributed by atoms with van der Waals surface area (Å²) in [4.78, 5) is 25.5. The van der Waals surface area contributed by atoms with Gasteiger partial charge in [0.15, 0.2) is 0 Å². The minimum Gasteiger partial charge on any atom is -0.491 e. The molecule has 8 heteroatoms. The number of rotatable bonds is 7. The van der Waals surface area contributed by atoms with Crippen LogP contribution in [-0.2, 0) is 22.4 Å². The third-order valence-corrected chi connectivity index (χ3v) is 5.83. The van der Waals surface area contributed by atoms with Crippen LogP contribution in [0.5, 0.6) is 11.5 Å². The quantitative estimate of drug-likeness (QED) is 0.479. The summed E-state index contributed by atoms with van der Waals surface area (Å²) < 4.78 is 22.2. The first-order chi connectivity index (χ1) is 18.1. The normalized spacial score (nSPS) is 13.9. The van der Waals surface area contributed by atoms with Crippen LogP contribution < -0.4 is 20.1 Å². The SMILES string of the molecule is COCCOc1cccc(CNC(=O)c2ccc3c(c2)Cc2cccc(c2)C(=O)NCCOCCO3)c1. The fourth-order valence-electron chi connectivity index (χ4n) is 3.97. The van der Waals surface area contributed by atoms with Crippen LogP contribution in [0.3, 0.4) is 0 Å². The van der Waals surface area contributed by atoms with E-state index in [4.69, 9.17) is 18.9 Å². The first-order valence-corrected chi connectivity index (χ1v) is 12.3. The van der Waals surface area contributed by atoms with Gasteiger partial charge in [0.05, 0.1) is 19.8 Å². The maximum absolute atomic E-state index is 13.0. The molecule has 2 bridgehead atoms. The van der Waals surface area contributed by atoms with Gasteiger partial charge in [-0.25, -0.2) is 0 Å². The maximum Gasteiger partial charge on any atom is 0.251 e. The van der Waals surface area contributed by atoms with E-state index in [1.54, 1.807) is 19.2 Å². The molecule has 0 fully saturated rings. The van der Waals surface area contributed by atoms with Gasteiger partial charge in [-0.1, -0.05) is 24.3 Å². The summed E-state index contributed by atoms with van der Waals surface area (Å²) in [5, 5.41) is 5.84. The summed E-state index contributed by atoms with van der Waals surface area (Å²) in [6.45, 7) is 2.94. The van der Waals surface area contributed by atoms with Gasteiger partial charge < -0.3 is 29.6 Å². The van der Waals surface area contributed by atoms with Crippen LogP contribution in [0.1, 0.15) is 37.4 Å². The Bertz CT molecular complexity index is 1210. The molecule has 2 N–H and O–H groups in total. The van der Waals surface area contributed by atoms with Crippen molar-refractivity contribution in [3.05, 3.63) is 94.5 Å². The van der Waals surface area contributed by atoms with Gasteiger partial charge >= 0.3 is 0 Å². The van der Waals surface area contributed by atoms with Gasteiger partial charge in [-0.15, -0.1) is 0 Å². The Morgan fingerprint density at radius 1 is 1.00 bits per heavy atom. The van der Waals surface area contributed by atoms with Gasteiger partial charge in [0.1, 0.15) is 24.7 Å². The summed E-state index contributed by atoms with van der Waals surface area (Å²) in [6, 6.07) is 20.5. The molecule has 0 aromatic heterocycles. The van der Waals surface area contributed by atoms with Crippen molar-refractivity contribution >= 4 is 11.8 Å². The highest BCUT2D eigenvalue weighted by molar-refractivity contribution is 5.95. The molecule has 37 heavy (non-hydrogen) atoms. The van der Waals surface area contributed by atoms with Crippen molar-refractivity contribution in [2.24, 2.45) is 0 Å². The molecule has 0 saturated heterocycles. The zero-order valence-corrected chi connectivity index (χ0v) is 21.0. The highest BCUT2D eigenvalue weighted by Crippen LogP contribution is 2.24. The van der Waals surface area contributed by atoms with Crippen molar-refractivity contribution in [1.29, 1.82) is 0 Å². The van der Waals surface area contributed by atoms with E-state index < -0.39 is 0 Å². The predicted molar refractivity (Wildman–Crippen MR) is 139 cm³/mol. The molecule has 194 valence electrons. The molecule has 1 aliphatic rings. The second-order valence-electron chi connectivity index (χ2n) is 8.59. The second-order valence-corrected chi connectivity index (χ2v) is 8.59. The Balaban J connectivity index is 1.48. The van der Waals surface area contributed by atoms with E-state index in [0.717, 1.165) is 22.4 Å². The highest BCUT2D eigenvalue weighted by Gasteiger charge is 2.14. The van der Waals surface area contributed by atoms with Gasteiger partial charge in [0.2, 0.25) is 0 Å². The van der Waals surface area contributed by atoms with Crippen molar-refractivity contribution < 1.29 is 28.5 Å². The van der Waals surface area contributed by atoms with Crippen LogP contribution in [0.4, 0.5) is 0 Å². The standard InChI is InChI=1S/C29H32N2O6/c1-34-12-14-36-26-7-3-5-22(18-26)20-31-29(33)24-8-9-27-25(19-24)17-21-4-2-6-23(16-21)28(32)30-10-11-35-13-15-37-27/h2-9,16,18-19H,10-15,17,20H2,1H3,(H,30,32)(H,31,33). The number of hydrogen-bond donors (Lipinski definition) is 2. The van der Waals surface area contributed by atoms with Gasteiger partial charge in [0.25, 0.3) is 11.8 Å².